The first-order chi connectivity index (χ1) is 22.3. The van der Waals surface area contributed by atoms with Crippen molar-refractivity contribution in [1.29, 1.82) is 0 Å². The smallest absolute Gasteiger partial charge is 0.124 e. The Hall–Kier alpha value is -5.29. The summed E-state index contributed by atoms with van der Waals surface area (Å²) in [4.78, 5) is 5.94. The molecule has 208 valence electrons. The third kappa shape index (κ3) is 3.05. The maximum Gasteiger partial charge on any atom is 0.124 e. The highest BCUT2D eigenvalue weighted by Gasteiger charge is 2.24. The van der Waals surface area contributed by atoms with E-state index in [2.05, 4.69) is 132 Å². The third-order valence-corrected chi connectivity index (χ3v) is 11.9. The van der Waals surface area contributed by atoms with E-state index in [1.54, 1.807) is 0 Å². The molecule has 0 amide bonds. The fourth-order valence-corrected chi connectivity index (χ4v) is 10.3. The van der Waals surface area contributed by atoms with E-state index in [0.29, 0.717) is 0 Å². The zero-order valence-electron chi connectivity index (χ0n) is 23.9. The summed E-state index contributed by atoms with van der Waals surface area (Å²) in [5, 5.41) is 15.6. The van der Waals surface area contributed by atoms with Crippen LogP contribution in [0.4, 0.5) is 0 Å². The van der Waals surface area contributed by atoms with Crippen LogP contribution in [0.15, 0.2) is 134 Å². The highest BCUT2D eigenvalue weighted by atomic mass is 32.1. The average Bonchev–Trinajstić information content (AvgIpc) is 3.78. The Balaban J connectivity index is 1.39. The van der Waals surface area contributed by atoms with E-state index < -0.39 is 0 Å². The summed E-state index contributed by atoms with van der Waals surface area (Å²) in [7, 11) is 0. The molecule has 11 aromatic rings. The standard InChI is InChI=1S/C41H22N2S2/c1-2-12-26-24(10-1)25-11-3-4-13-27(25)32-22-23(19-20-28(26)32)43-33-17-7-5-14-29(33)37-38(43)40-35(30-15-6-8-18-34(30)44-40)36-31-16-9-21-42-41(31)45-39(36)37/h1-22H. The topological polar surface area (TPSA) is 17.8 Å². The normalized spacial score (nSPS) is 12.4. The Morgan fingerprint density at radius 1 is 0.444 bits per heavy atom. The fourth-order valence-electron chi connectivity index (χ4n) is 7.80. The summed E-state index contributed by atoms with van der Waals surface area (Å²) in [6, 6.07) is 46.9. The van der Waals surface area contributed by atoms with Crippen LogP contribution in [0.1, 0.15) is 0 Å². The second-order valence-electron chi connectivity index (χ2n) is 11.9. The van der Waals surface area contributed by atoms with E-state index >= 15 is 0 Å². The molecule has 0 aliphatic rings. The predicted octanol–water partition coefficient (Wildman–Crippen LogP) is 12.4. The van der Waals surface area contributed by atoms with Gasteiger partial charge >= 0.3 is 0 Å². The van der Waals surface area contributed by atoms with Gasteiger partial charge in [-0.2, -0.15) is 0 Å². The van der Waals surface area contributed by atoms with Crippen LogP contribution in [0.2, 0.25) is 0 Å². The molecular weight excluding hydrogens is 585 g/mol. The first-order valence-electron chi connectivity index (χ1n) is 15.2. The van der Waals surface area contributed by atoms with Gasteiger partial charge in [0.25, 0.3) is 0 Å². The lowest BCUT2D eigenvalue weighted by atomic mass is 9.94. The zero-order valence-corrected chi connectivity index (χ0v) is 25.5. The van der Waals surface area contributed by atoms with Crippen molar-refractivity contribution in [2.45, 2.75) is 0 Å². The van der Waals surface area contributed by atoms with Crippen LogP contribution in [-0.4, -0.2) is 9.55 Å². The summed E-state index contributed by atoms with van der Waals surface area (Å²) >= 11 is 3.74. The van der Waals surface area contributed by atoms with Gasteiger partial charge in [-0.1, -0.05) is 91.0 Å². The molecule has 0 aliphatic heterocycles. The van der Waals surface area contributed by atoms with Crippen molar-refractivity contribution in [3.05, 3.63) is 134 Å². The summed E-state index contributed by atoms with van der Waals surface area (Å²) in [6.45, 7) is 0. The number of pyridine rings is 1. The molecule has 0 saturated heterocycles. The van der Waals surface area contributed by atoms with Gasteiger partial charge < -0.3 is 4.57 Å². The van der Waals surface area contributed by atoms with E-state index in [4.69, 9.17) is 4.98 Å². The van der Waals surface area contributed by atoms with Crippen LogP contribution in [0.25, 0.3) is 100 Å². The number of aromatic nitrogens is 2. The molecule has 0 unspecified atom stereocenters. The number of rotatable bonds is 1. The number of hydrogen-bond donors (Lipinski definition) is 0. The van der Waals surface area contributed by atoms with Gasteiger partial charge in [0, 0.05) is 53.6 Å². The molecule has 0 fully saturated rings. The minimum absolute atomic E-state index is 1.09. The van der Waals surface area contributed by atoms with Crippen molar-refractivity contribution < 1.29 is 0 Å². The molecule has 0 radical (unpaired) electrons. The Morgan fingerprint density at radius 2 is 1.04 bits per heavy atom. The minimum atomic E-state index is 1.09. The minimum Gasteiger partial charge on any atom is -0.308 e. The van der Waals surface area contributed by atoms with E-state index in [1.165, 1.54) is 95.5 Å². The van der Waals surface area contributed by atoms with Gasteiger partial charge in [-0.25, -0.2) is 4.98 Å². The quantitative estimate of drug-likeness (QED) is 0.170. The molecule has 0 spiro atoms. The van der Waals surface area contributed by atoms with Crippen molar-refractivity contribution in [1.82, 2.24) is 9.55 Å². The van der Waals surface area contributed by atoms with Crippen molar-refractivity contribution in [3.8, 4) is 5.69 Å². The molecule has 4 heteroatoms. The highest BCUT2D eigenvalue weighted by molar-refractivity contribution is 7.29. The van der Waals surface area contributed by atoms with Crippen LogP contribution in [0, 0.1) is 0 Å². The molecular formula is C41H22N2S2. The number of nitrogens with zero attached hydrogens (tertiary/aromatic N) is 2. The highest BCUT2D eigenvalue weighted by Crippen LogP contribution is 2.52. The fraction of sp³-hybridized carbons (Fsp3) is 0. The van der Waals surface area contributed by atoms with Gasteiger partial charge in [-0.3, -0.25) is 0 Å². The summed E-state index contributed by atoms with van der Waals surface area (Å²) in [5.74, 6) is 0. The van der Waals surface area contributed by atoms with Crippen molar-refractivity contribution >= 4 is 117 Å². The number of fused-ring (bicyclic) bond motifs is 18. The Kier molecular flexibility index (Phi) is 4.64. The van der Waals surface area contributed by atoms with E-state index in [9.17, 15) is 0 Å². The second-order valence-corrected chi connectivity index (χ2v) is 13.9. The molecule has 0 bridgehead atoms. The Labute approximate surface area is 265 Å². The van der Waals surface area contributed by atoms with E-state index in [1.807, 2.05) is 28.9 Å². The van der Waals surface area contributed by atoms with Crippen molar-refractivity contribution in [2.75, 3.05) is 0 Å². The lowest BCUT2D eigenvalue weighted by Crippen LogP contribution is -1.95. The van der Waals surface area contributed by atoms with Gasteiger partial charge in [0.2, 0.25) is 0 Å². The van der Waals surface area contributed by atoms with E-state index in [0.717, 1.165) is 4.83 Å². The maximum atomic E-state index is 4.84. The van der Waals surface area contributed by atoms with Crippen LogP contribution in [0.5, 0.6) is 0 Å². The molecule has 0 N–H and O–H groups in total. The van der Waals surface area contributed by atoms with Crippen molar-refractivity contribution in [3.63, 3.8) is 0 Å². The molecule has 0 aliphatic carbocycles. The largest absolute Gasteiger partial charge is 0.308 e. The monoisotopic (exact) mass is 606 g/mol. The summed E-state index contributed by atoms with van der Waals surface area (Å²) in [5.41, 5.74) is 3.70. The molecule has 11 rings (SSSR count). The number of benzene rings is 7. The van der Waals surface area contributed by atoms with Crippen molar-refractivity contribution in [2.24, 2.45) is 0 Å². The SMILES string of the molecule is c1ccc2c(c1)sc1c2c2c3cccnc3sc2c2c3ccccc3n(-c3ccc4c5ccccc5c5ccccc5c4c3)c12. The lowest BCUT2D eigenvalue weighted by Gasteiger charge is -2.14. The lowest BCUT2D eigenvalue weighted by molar-refractivity contribution is 1.19. The van der Waals surface area contributed by atoms with Gasteiger partial charge in [-0.15, -0.1) is 22.7 Å². The maximum absolute atomic E-state index is 4.84. The molecule has 0 saturated carbocycles. The van der Waals surface area contributed by atoms with Crippen LogP contribution < -0.4 is 0 Å². The Morgan fingerprint density at radius 3 is 1.82 bits per heavy atom. The van der Waals surface area contributed by atoms with Gasteiger partial charge in [0.15, 0.2) is 0 Å². The summed E-state index contributed by atoms with van der Waals surface area (Å²) < 4.78 is 6.50. The van der Waals surface area contributed by atoms with Gasteiger partial charge in [0.1, 0.15) is 4.83 Å². The van der Waals surface area contributed by atoms with Gasteiger partial charge in [0.05, 0.1) is 15.7 Å². The van der Waals surface area contributed by atoms with Crippen LogP contribution in [0.3, 0.4) is 0 Å². The predicted molar refractivity (Wildman–Crippen MR) is 197 cm³/mol. The van der Waals surface area contributed by atoms with Crippen LogP contribution >= 0.6 is 22.7 Å². The zero-order chi connectivity index (χ0) is 29.2. The van der Waals surface area contributed by atoms with Crippen LogP contribution in [-0.2, 0) is 0 Å². The first-order valence-corrected chi connectivity index (χ1v) is 16.9. The number of para-hydroxylation sites is 1. The molecule has 2 nitrogen and oxygen atoms in total. The third-order valence-electron chi connectivity index (χ3n) is 9.61. The number of hydrogen-bond acceptors (Lipinski definition) is 3. The summed E-state index contributed by atoms with van der Waals surface area (Å²) in [6.07, 6.45) is 1.92. The molecule has 4 heterocycles. The molecule has 0 atom stereocenters. The van der Waals surface area contributed by atoms with E-state index in [-0.39, 0.29) is 0 Å². The molecule has 45 heavy (non-hydrogen) atoms. The average molecular weight is 607 g/mol. The second kappa shape index (κ2) is 8.66. The van der Waals surface area contributed by atoms with Gasteiger partial charge in [-0.05, 0) is 68.7 Å². The molecule has 7 aromatic carbocycles. The molecule has 4 aromatic heterocycles. The Bertz CT molecular complexity index is 3010. The first kappa shape index (κ1) is 24.1. The number of thiophene rings is 2.